The maximum atomic E-state index is 11.1. The molecular formula is C9H10ClNO. The Kier molecular flexibility index (Phi) is 3.61. The Morgan fingerprint density at radius 2 is 2.42 bits per heavy atom. The van der Waals surface area contributed by atoms with Crippen LogP contribution in [-0.2, 0) is 0 Å². The molecule has 1 N–H and O–H groups in total. The molecule has 0 saturated heterocycles. The third-order valence-electron chi connectivity index (χ3n) is 1.43. The van der Waals surface area contributed by atoms with Crippen LogP contribution in [0.1, 0.15) is 12.0 Å². The molecule has 0 amide bonds. The Bertz CT molecular complexity index is 316. The number of hydrogen-bond acceptors (Lipinski definition) is 1. The van der Waals surface area contributed by atoms with Crippen molar-refractivity contribution in [2.75, 3.05) is 5.88 Å². The zero-order chi connectivity index (χ0) is 8.81. The number of pyridine rings is 1. The molecule has 0 radical (unpaired) electrons. The van der Waals surface area contributed by atoms with Gasteiger partial charge in [-0.2, -0.15) is 0 Å². The minimum Gasteiger partial charge on any atom is -0.367 e. The highest BCUT2D eigenvalue weighted by molar-refractivity contribution is 6.17. The van der Waals surface area contributed by atoms with Crippen molar-refractivity contribution in [3.63, 3.8) is 0 Å². The number of hydrogen-bond donors (Lipinski definition) is 1. The third-order valence-corrected chi connectivity index (χ3v) is 1.65. The molecule has 0 saturated carbocycles. The van der Waals surface area contributed by atoms with Gasteiger partial charge in [0.25, 0.3) is 0 Å². The van der Waals surface area contributed by atoms with Gasteiger partial charge in [0.15, 0.2) is 5.43 Å². The molecule has 1 aromatic rings. The summed E-state index contributed by atoms with van der Waals surface area (Å²) >= 11 is 5.47. The van der Waals surface area contributed by atoms with Crippen LogP contribution in [0.25, 0.3) is 6.08 Å². The quantitative estimate of drug-likeness (QED) is 0.715. The average Bonchev–Trinajstić information content (AvgIpc) is 2.09. The molecule has 0 aliphatic carbocycles. The van der Waals surface area contributed by atoms with E-state index >= 15 is 0 Å². The van der Waals surface area contributed by atoms with Crippen LogP contribution in [0.5, 0.6) is 0 Å². The summed E-state index contributed by atoms with van der Waals surface area (Å²) in [5.41, 5.74) is 0.696. The fourth-order valence-electron chi connectivity index (χ4n) is 0.833. The molecule has 64 valence electrons. The largest absolute Gasteiger partial charge is 0.367 e. The van der Waals surface area contributed by atoms with Gasteiger partial charge in [0, 0.05) is 29.9 Å². The molecule has 0 aliphatic heterocycles. The van der Waals surface area contributed by atoms with Gasteiger partial charge in [0.1, 0.15) is 0 Å². The smallest absolute Gasteiger partial charge is 0.188 e. The Labute approximate surface area is 75.9 Å². The molecule has 0 fully saturated rings. The predicted molar refractivity (Wildman–Crippen MR) is 51.4 cm³/mol. The number of nitrogens with one attached hydrogen (secondary N) is 1. The van der Waals surface area contributed by atoms with Gasteiger partial charge in [-0.05, 0) is 6.42 Å². The molecule has 3 heteroatoms. The monoisotopic (exact) mass is 183 g/mol. The Morgan fingerprint density at radius 1 is 1.58 bits per heavy atom. The number of halogens is 1. The number of H-pyrrole nitrogens is 1. The van der Waals surface area contributed by atoms with E-state index in [0.717, 1.165) is 6.42 Å². The lowest BCUT2D eigenvalue weighted by molar-refractivity contribution is 1.24. The first kappa shape index (κ1) is 9.07. The summed E-state index contributed by atoms with van der Waals surface area (Å²) in [5.74, 6) is 0.585. The van der Waals surface area contributed by atoms with Gasteiger partial charge < -0.3 is 4.98 Å². The summed E-state index contributed by atoms with van der Waals surface area (Å²) < 4.78 is 0. The molecule has 1 rings (SSSR count). The van der Waals surface area contributed by atoms with Crippen molar-refractivity contribution < 1.29 is 0 Å². The normalized spacial score (nSPS) is 10.8. The molecule has 12 heavy (non-hydrogen) atoms. The van der Waals surface area contributed by atoms with E-state index < -0.39 is 0 Å². The minimum absolute atomic E-state index is 0.0274. The van der Waals surface area contributed by atoms with Crippen LogP contribution < -0.4 is 5.43 Å². The fourth-order valence-corrected chi connectivity index (χ4v) is 0.959. The Hall–Kier alpha value is -1.02. The summed E-state index contributed by atoms with van der Waals surface area (Å²) in [4.78, 5) is 14.0. The average molecular weight is 184 g/mol. The van der Waals surface area contributed by atoms with E-state index in [9.17, 15) is 4.79 Å². The van der Waals surface area contributed by atoms with E-state index in [1.807, 2.05) is 6.08 Å². The molecule has 1 aromatic heterocycles. The number of aromatic amines is 1. The van der Waals surface area contributed by atoms with Gasteiger partial charge in [-0.15, -0.1) is 11.6 Å². The van der Waals surface area contributed by atoms with E-state index in [1.54, 1.807) is 18.5 Å². The lowest BCUT2D eigenvalue weighted by Gasteiger charge is -1.89. The van der Waals surface area contributed by atoms with Crippen LogP contribution in [0.2, 0.25) is 0 Å². The van der Waals surface area contributed by atoms with Gasteiger partial charge in [0.2, 0.25) is 0 Å². The van der Waals surface area contributed by atoms with Crippen LogP contribution in [0.4, 0.5) is 0 Å². The van der Waals surface area contributed by atoms with E-state index in [1.165, 1.54) is 6.07 Å². The van der Waals surface area contributed by atoms with E-state index in [4.69, 9.17) is 11.6 Å². The molecule has 0 atom stereocenters. The Balaban J connectivity index is 2.76. The second-order valence-electron chi connectivity index (χ2n) is 2.34. The number of aromatic nitrogens is 1. The second-order valence-corrected chi connectivity index (χ2v) is 2.72. The Morgan fingerprint density at radius 3 is 3.08 bits per heavy atom. The maximum absolute atomic E-state index is 11.1. The van der Waals surface area contributed by atoms with E-state index in [0.29, 0.717) is 11.4 Å². The lowest BCUT2D eigenvalue weighted by Crippen LogP contribution is -2.01. The van der Waals surface area contributed by atoms with Crippen molar-refractivity contribution in [2.45, 2.75) is 6.42 Å². The summed E-state index contributed by atoms with van der Waals surface area (Å²) in [5, 5.41) is 0. The van der Waals surface area contributed by atoms with Gasteiger partial charge in [0.05, 0.1) is 0 Å². The topological polar surface area (TPSA) is 32.9 Å². The van der Waals surface area contributed by atoms with Crippen LogP contribution in [-0.4, -0.2) is 10.9 Å². The van der Waals surface area contributed by atoms with Crippen molar-refractivity contribution in [3.8, 4) is 0 Å². The molecule has 0 aromatic carbocycles. The van der Waals surface area contributed by atoms with Crippen molar-refractivity contribution in [2.24, 2.45) is 0 Å². The first-order valence-corrected chi connectivity index (χ1v) is 4.27. The van der Waals surface area contributed by atoms with Gasteiger partial charge in [-0.1, -0.05) is 12.2 Å². The van der Waals surface area contributed by atoms with Crippen molar-refractivity contribution in [1.29, 1.82) is 0 Å². The van der Waals surface area contributed by atoms with Gasteiger partial charge in [-0.25, -0.2) is 0 Å². The number of rotatable bonds is 3. The first-order valence-electron chi connectivity index (χ1n) is 3.74. The van der Waals surface area contributed by atoms with Crippen LogP contribution >= 0.6 is 11.6 Å². The summed E-state index contributed by atoms with van der Waals surface area (Å²) in [6, 6.07) is 1.50. The minimum atomic E-state index is 0.0274. The van der Waals surface area contributed by atoms with Crippen LogP contribution in [0, 0.1) is 0 Å². The zero-order valence-electron chi connectivity index (χ0n) is 6.59. The molecular weight excluding hydrogens is 174 g/mol. The fraction of sp³-hybridized carbons (Fsp3) is 0.222. The summed E-state index contributed by atoms with van der Waals surface area (Å²) in [7, 11) is 0. The molecule has 1 heterocycles. The van der Waals surface area contributed by atoms with Gasteiger partial charge >= 0.3 is 0 Å². The molecule has 2 nitrogen and oxygen atoms in total. The first-order chi connectivity index (χ1) is 5.84. The van der Waals surface area contributed by atoms with Crippen LogP contribution in [0.15, 0.2) is 29.3 Å². The van der Waals surface area contributed by atoms with Crippen molar-refractivity contribution in [1.82, 2.24) is 4.98 Å². The van der Waals surface area contributed by atoms with Crippen molar-refractivity contribution in [3.05, 3.63) is 40.3 Å². The molecule has 0 bridgehead atoms. The standard InChI is InChI=1S/C9H10ClNO/c10-5-2-1-3-8-7-11-6-4-9(8)12/h1,3-4,6-7H,2,5H2,(H,11,12). The number of allylic oxidation sites excluding steroid dienone is 1. The van der Waals surface area contributed by atoms with Gasteiger partial charge in [-0.3, -0.25) is 4.79 Å². The highest BCUT2D eigenvalue weighted by atomic mass is 35.5. The van der Waals surface area contributed by atoms with Crippen LogP contribution in [0.3, 0.4) is 0 Å². The van der Waals surface area contributed by atoms with Crippen molar-refractivity contribution >= 4 is 17.7 Å². The molecule has 0 unspecified atom stereocenters. The number of alkyl halides is 1. The third kappa shape index (κ3) is 2.55. The maximum Gasteiger partial charge on any atom is 0.188 e. The van der Waals surface area contributed by atoms with E-state index in [-0.39, 0.29) is 5.43 Å². The SMILES string of the molecule is O=c1cc[nH]cc1C=CCCCl. The highest BCUT2D eigenvalue weighted by Crippen LogP contribution is 1.94. The molecule has 0 spiro atoms. The lowest BCUT2D eigenvalue weighted by atomic mass is 10.2. The zero-order valence-corrected chi connectivity index (χ0v) is 7.34. The van der Waals surface area contributed by atoms with E-state index in [2.05, 4.69) is 4.98 Å². The second kappa shape index (κ2) is 4.78. The summed E-state index contributed by atoms with van der Waals surface area (Å²) in [6.45, 7) is 0. The summed E-state index contributed by atoms with van der Waals surface area (Å²) in [6.07, 6.45) is 7.74. The highest BCUT2D eigenvalue weighted by Gasteiger charge is 1.89. The molecule has 0 aliphatic rings. The predicted octanol–water partition coefficient (Wildman–Crippen LogP) is 2.02.